The topological polar surface area (TPSA) is 139 Å². The molecule has 0 amide bonds. The van der Waals surface area contributed by atoms with Crippen LogP contribution in [0.15, 0.2) is 82.5 Å². The molecule has 0 spiro atoms. The van der Waals surface area contributed by atoms with Gasteiger partial charge < -0.3 is 15.5 Å². The molecular formula is C22H21N3O6S2. The zero-order valence-electron chi connectivity index (χ0n) is 17.7. The van der Waals surface area contributed by atoms with Gasteiger partial charge in [-0.15, -0.1) is 11.8 Å². The summed E-state index contributed by atoms with van der Waals surface area (Å²) in [6, 6.07) is 10.6. The smallest absolute Gasteiger partial charge is 0.333 e. The predicted molar refractivity (Wildman–Crippen MR) is 124 cm³/mol. The number of likely N-dealkylation sites (N-methyl/N-ethyl adjacent to an activating group) is 1. The first kappa shape index (κ1) is 24.2. The molecule has 33 heavy (non-hydrogen) atoms. The molecule has 2 aromatic heterocycles. The SMILES string of the molecule is CNC(C(=CC(=O)O)C(=O)O)c1cc(-c2ccccc2SC)n(S(=O)(=O)c2cccnc2)c1. The number of aromatic nitrogens is 2. The Labute approximate surface area is 194 Å². The Morgan fingerprint density at radius 1 is 1.18 bits per heavy atom. The van der Waals surface area contributed by atoms with Gasteiger partial charge in [0.05, 0.1) is 17.3 Å². The van der Waals surface area contributed by atoms with Crippen molar-refractivity contribution in [2.24, 2.45) is 0 Å². The van der Waals surface area contributed by atoms with E-state index in [1.165, 1.54) is 49.5 Å². The van der Waals surface area contributed by atoms with Crippen molar-refractivity contribution in [1.82, 2.24) is 14.3 Å². The van der Waals surface area contributed by atoms with Crippen LogP contribution in [0.1, 0.15) is 11.6 Å². The van der Waals surface area contributed by atoms with Gasteiger partial charge in [-0.25, -0.2) is 22.0 Å². The molecule has 3 rings (SSSR count). The van der Waals surface area contributed by atoms with E-state index in [0.717, 1.165) is 8.87 Å². The lowest BCUT2D eigenvalue weighted by atomic mass is 10.00. The molecule has 1 atom stereocenters. The van der Waals surface area contributed by atoms with Crippen molar-refractivity contribution in [1.29, 1.82) is 0 Å². The molecule has 0 saturated heterocycles. The number of carboxylic acids is 2. The van der Waals surface area contributed by atoms with Crippen LogP contribution in [0.2, 0.25) is 0 Å². The van der Waals surface area contributed by atoms with Gasteiger partial charge in [0.25, 0.3) is 10.0 Å². The van der Waals surface area contributed by atoms with Crippen molar-refractivity contribution < 1.29 is 28.2 Å². The summed E-state index contributed by atoms with van der Waals surface area (Å²) in [5.41, 5.74) is 0.758. The van der Waals surface area contributed by atoms with Gasteiger partial charge in [-0.1, -0.05) is 18.2 Å². The monoisotopic (exact) mass is 487 g/mol. The Bertz CT molecular complexity index is 1320. The zero-order chi connectivity index (χ0) is 24.2. The fourth-order valence-electron chi connectivity index (χ4n) is 3.39. The molecule has 0 bridgehead atoms. The van der Waals surface area contributed by atoms with Crippen molar-refractivity contribution in [3.05, 3.63) is 78.3 Å². The van der Waals surface area contributed by atoms with Crippen LogP contribution in [0.3, 0.4) is 0 Å². The molecule has 1 aromatic carbocycles. The third kappa shape index (κ3) is 5.00. The molecule has 3 N–H and O–H groups in total. The van der Waals surface area contributed by atoms with Crippen LogP contribution in [0.4, 0.5) is 0 Å². The van der Waals surface area contributed by atoms with E-state index < -0.39 is 33.6 Å². The Balaban J connectivity index is 2.31. The van der Waals surface area contributed by atoms with Crippen LogP contribution >= 0.6 is 11.8 Å². The molecule has 0 aliphatic rings. The van der Waals surface area contributed by atoms with Gasteiger partial charge in [0.15, 0.2) is 0 Å². The summed E-state index contributed by atoms with van der Waals surface area (Å²) in [5, 5.41) is 21.5. The molecule has 0 saturated carbocycles. The minimum atomic E-state index is -4.10. The third-order valence-electron chi connectivity index (χ3n) is 4.84. The van der Waals surface area contributed by atoms with E-state index >= 15 is 0 Å². The van der Waals surface area contributed by atoms with E-state index in [1.807, 2.05) is 18.4 Å². The van der Waals surface area contributed by atoms with Crippen molar-refractivity contribution in [3.63, 3.8) is 0 Å². The van der Waals surface area contributed by atoms with E-state index in [4.69, 9.17) is 5.11 Å². The fourth-order valence-corrected chi connectivity index (χ4v) is 5.34. The van der Waals surface area contributed by atoms with Gasteiger partial charge in [0, 0.05) is 35.1 Å². The van der Waals surface area contributed by atoms with Gasteiger partial charge in [-0.3, -0.25) is 4.98 Å². The molecule has 3 aromatic rings. The molecule has 0 aliphatic carbocycles. The standard InChI is InChI=1S/C22H21N3O6S2/c1-23-21(17(22(28)29)11-20(26)27)14-10-18(16-7-3-4-8-19(16)32-2)25(13-14)33(30,31)15-6-5-9-24-12-15/h3-13,21,23H,1-2H3,(H,26,27)(H,28,29). The molecule has 11 heteroatoms. The number of rotatable bonds is 9. The third-order valence-corrected chi connectivity index (χ3v) is 7.29. The first-order chi connectivity index (χ1) is 15.7. The molecule has 9 nitrogen and oxygen atoms in total. The Kier molecular flexibility index (Phi) is 7.36. The Morgan fingerprint density at radius 2 is 1.91 bits per heavy atom. The summed E-state index contributed by atoms with van der Waals surface area (Å²) in [5.74, 6) is -2.87. The maximum Gasteiger partial charge on any atom is 0.333 e. The second-order valence-corrected chi connectivity index (χ2v) is 9.48. The molecule has 0 radical (unpaired) electrons. The van der Waals surface area contributed by atoms with Crippen molar-refractivity contribution in [2.45, 2.75) is 15.8 Å². The normalized spacial score (nSPS) is 13.0. The number of nitrogens with one attached hydrogen (secondary N) is 1. The molecule has 172 valence electrons. The van der Waals surface area contributed by atoms with E-state index in [9.17, 15) is 23.1 Å². The first-order valence-corrected chi connectivity index (χ1v) is 12.2. The summed E-state index contributed by atoms with van der Waals surface area (Å²) in [4.78, 5) is 27.6. The minimum Gasteiger partial charge on any atom is -0.478 e. The first-order valence-electron chi connectivity index (χ1n) is 9.57. The highest BCUT2D eigenvalue weighted by Crippen LogP contribution is 2.36. The van der Waals surface area contributed by atoms with Gasteiger partial charge in [-0.2, -0.15) is 0 Å². The lowest BCUT2D eigenvalue weighted by Gasteiger charge is -2.15. The maximum absolute atomic E-state index is 13.5. The largest absolute Gasteiger partial charge is 0.478 e. The molecule has 0 aliphatic heterocycles. The van der Waals surface area contributed by atoms with Gasteiger partial charge in [0.1, 0.15) is 4.90 Å². The van der Waals surface area contributed by atoms with Crippen LogP contribution in [0, 0.1) is 0 Å². The van der Waals surface area contributed by atoms with Gasteiger partial charge in [0.2, 0.25) is 0 Å². The van der Waals surface area contributed by atoms with E-state index in [0.29, 0.717) is 17.3 Å². The molecular weight excluding hydrogens is 466 g/mol. The number of nitrogens with zero attached hydrogens (tertiary/aromatic N) is 2. The summed E-state index contributed by atoms with van der Waals surface area (Å²) >= 11 is 1.43. The van der Waals surface area contributed by atoms with E-state index in [1.54, 1.807) is 18.2 Å². The quantitative estimate of drug-likeness (QED) is 0.307. The number of carboxylic acid groups (broad SMARTS) is 2. The molecule has 1 unspecified atom stereocenters. The number of pyridine rings is 1. The average molecular weight is 488 g/mol. The minimum absolute atomic E-state index is 0.0458. The molecule has 2 heterocycles. The number of benzene rings is 1. The van der Waals surface area contributed by atoms with Crippen molar-refractivity contribution >= 4 is 33.7 Å². The summed E-state index contributed by atoms with van der Waals surface area (Å²) in [6.07, 6.45) is 6.43. The van der Waals surface area contributed by atoms with Crippen LogP contribution in [-0.2, 0) is 19.6 Å². The average Bonchev–Trinajstić information content (AvgIpc) is 3.25. The number of carbonyl (C=O) groups is 2. The van der Waals surface area contributed by atoms with Gasteiger partial charge in [-0.05, 0) is 43.1 Å². The molecule has 0 fully saturated rings. The fraction of sp³-hybridized carbons (Fsp3) is 0.136. The summed E-state index contributed by atoms with van der Waals surface area (Å²) in [6.45, 7) is 0. The maximum atomic E-state index is 13.5. The predicted octanol–water partition coefficient (Wildman–Crippen LogP) is 2.87. The number of hydrogen-bond donors (Lipinski definition) is 3. The lowest BCUT2D eigenvalue weighted by molar-refractivity contribution is -0.135. The van der Waals surface area contributed by atoms with Gasteiger partial charge >= 0.3 is 11.9 Å². The summed E-state index contributed by atoms with van der Waals surface area (Å²) < 4.78 is 28.1. The van der Waals surface area contributed by atoms with Crippen molar-refractivity contribution in [2.75, 3.05) is 13.3 Å². The lowest BCUT2D eigenvalue weighted by Crippen LogP contribution is -2.24. The van der Waals surface area contributed by atoms with Crippen LogP contribution in [0.5, 0.6) is 0 Å². The van der Waals surface area contributed by atoms with E-state index in [2.05, 4.69) is 10.3 Å². The Morgan fingerprint density at radius 3 is 2.48 bits per heavy atom. The van der Waals surface area contributed by atoms with Crippen molar-refractivity contribution in [3.8, 4) is 11.3 Å². The number of thioether (sulfide) groups is 1. The zero-order valence-corrected chi connectivity index (χ0v) is 19.3. The summed E-state index contributed by atoms with van der Waals surface area (Å²) in [7, 11) is -2.63. The second kappa shape index (κ2) is 10.0. The highest BCUT2D eigenvalue weighted by atomic mass is 32.2. The van der Waals surface area contributed by atoms with E-state index in [-0.39, 0.29) is 10.5 Å². The van der Waals surface area contributed by atoms with Crippen LogP contribution in [0.25, 0.3) is 11.3 Å². The Hall–Kier alpha value is -3.41. The number of aliphatic carboxylic acids is 2. The number of hydrogen-bond acceptors (Lipinski definition) is 7. The second-order valence-electron chi connectivity index (χ2n) is 6.81. The highest BCUT2D eigenvalue weighted by Gasteiger charge is 2.28. The highest BCUT2D eigenvalue weighted by molar-refractivity contribution is 7.98. The van der Waals surface area contributed by atoms with Crippen LogP contribution < -0.4 is 5.32 Å². The van der Waals surface area contributed by atoms with Crippen LogP contribution in [-0.4, -0.2) is 52.8 Å².